The van der Waals surface area contributed by atoms with Gasteiger partial charge in [0.2, 0.25) is 0 Å². The maximum absolute atomic E-state index is 13.2. The molecule has 2 aromatic heterocycles. The number of ether oxygens (including phenoxy) is 1. The molecule has 1 aromatic carbocycles. The molecule has 4 rings (SSSR count). The highest BCUT2D eigenvalue weighted by Crippen LogP contribution is 2.33. The van der Waals surface area contributed by atoms with Gasteiger partial charge in [0, 0.05) is 11.6 Å². The van der Waals surface area contributed by atoms with Gasteiger partial charge in [-0.1, -0.05) is 18.2 Å². The Morgan fingerprint density at radius 1 is 1.21 bits per heavy atom. The highest BCUT2D eigenvalue weighted by Gasteiger charge is 2.32. The molecular weight excluding hydrogens is 435 g/mol. The molecule has 10 heteroatoms. The third-order valence-corrected chi connectivity index (χ3v) is 5.06. The standard InChI is InChI=1S/C23H22F3N5O2/c1-12-9-14(3)27-19(10-12)29-22(32)20-15(4)28-21-13(2)11-17(30-31(20)21)16-7-5-6-8-18(16)33-23(24,25)26/h5-11,14,27H,1-4H3,(H,29,32). The zero-order valence-electron chi connectivity index (χ0n) is 18.4. The van der Waals surface area contributed by atoms with Gasteiger partial charge in [0.15, 0.2) is 11.3 Å². The molecule has 1 aliphatic rings. The number of alkyl halides is 3. The van der Waals surface area contributed by atoms with E-state index in [0.29, 0.717) is 22.7 Å². The Bertz CT molecular complexity index is 1310. The first-order valence-corrected chi connectivity index (χ1v) is 10.2. The van der Waals surface area contributed by atoms with E-state index in [1.165, 1.54) is 22.7 Å². The van der Waals surface area contributed by atoms with Crippen molar-refractivity contribution in [3.8, 4) is 17.0 Å². The summed E-state index contributed by atoms with van der Waals surface area (Å²) in [6, 6.07) is 7.39. The van der Waals surface area contributed by atoms with E-state index in [1.807, 2.05) is 26.0 Å². The van der Waals surface area contributed by atoms with Gasteiger partial charge in [-0.3, -0.25) is 4.79 Å². The smallest absolute Gasteiger partial charge is 0.405 e. The number of rotatable bonds is 4. The normalized spacial score (nSPS) is 16.2. The number of fused-ring (bicyclic) bond motifs is 1. The van der Waals surface area contributed by atoms with Gasteiger partial charge in [-0.25, -0.2) is 9.50 Å². The fourth-order valence-corrected chi connectivity index (χ4v) is 3.81. The van der Waals surface area contributed by atoms with Crippen LogP contribution in [-0.2, 0) is 0 Å². The van der Waals surface area contributed by atoms with Crippen LogP contribution in [-0.4, -0.2) is 32.9 Å². The number of carbonyl (C=O) groups excluding carboxylic acids is 1. The number of benzene rings is 1. The van der Waals surface area contributed by atoms with E-state index in [2.05, 4.69) is 25.5 Å². The Kier molecular flexibility index (Phi) is 5.61. The van der Waals surface area contributed by atoms with Crippen LogP contribution in [0.3, 0.4) is 0 Å². The Morgan fingerprint density at radius 3 is 2.64 bits per heavy atom. The lowest BCUT2D eigenvalue weighted by atomic mass is 10.1. The predicted molar refractivity (Wildman–Crippen MR) is 116 cm³/mol. The number of nitrogens with one attached hydrogen (secondary N) is 2. The number of para-hydroxylation sites is 1. The third kappa shape index (κ3) is 4.69. The lowest BCUT2D eigenvalue weighted by molar-refractivity contribution is -0.274. The van der Waals surface area contributed by atoms with Crippen LogP contribution in [0.5, 0.6) is 5.75 Å². The molecule has 1 amide bonds. The Morgan fingerprint density at radius 2 is 1.94 bits per heavy atom. The molecule has 33 heavy (non-hydrogen) atoms. The van der Waals surface area contributed by atoms with Crippen LogP contribution < -0.4 is 15.4 Å². The van der Waals surface area contributed by atoms with Crippen LogP contribution in [0.15, 0.2) is 53.9 Å². The quantitative estimate of drug-likeness (QED) is 0.606. The molecule has 1 aliphatic heterocycles. The van der Waals surface area contributed by atoms with Crippen molar-refractivity contribution in [1.29, 1.82) is 0 Å². The zero-order chi connectivity index (χ0) is 23.9. The van der Waals surface area contributed by atoms with Crippen molar-refractivity contribution >= 4 is 11.6 Å². The highest BCUT2D eigenvalue weighted by atomic mass is 19.4. The number of nitrogens with zero attached hydrogens (tertiary/aromatic N) is 3. The second-order valence-corrected chi connectivity index (χ2v) is 7.89. The van der Waals surface area contributed by atoms with Crippen molar-refractivity contribution < 1.29 is 22.7 Å². The van der Waals surface area contributed by atoms with E-state index in [9.17, 15) is 18.0 Å². The Balaban J connectivity index is 1.78. The maximum atomic E-state index is 13.2. The second kappa shape index (κ2) is 8.27. The number of imidazole rings is 1. The lowest BCUT2D eigenvalue weighted by Crippen LogP contribution is -2.38. The fraction of sp³-hybridized carbons (Fsp3) is 0.261. The molecule has 0 saturated carbocycles. The molecule has 172 valence electrons. The van der Waals surface area contributed by atoms with E-state index >= 15 is 0 Å². The second-order valence-electron chi connectivity index (χ2n) is 7.89. The van der Waals surface area contributed by atoms with Crippen LogP contribution in [0.2, 0.25) is 0 Å². The van der Waals surface area contributed by atoms with E-state index in [0.717, 1.165) is 5.57 Å². The van der Waals surface area contributed by atoms with Crippen LogP contribution >= 0.6 is 0 Å². The highest BCUT2D eigenvalue weighted by molar-refractivity contribution is 5.95. The maximum Gasteiger partial charge on any atom is 0.573 e. The van der Waals surface area contributed by atoms with Crippen molar-refractivity contribution in [1.82, 2.24) is 25.2 Å². The molecule has 0 spiro atoms. The minimum Gasteiger partial charge on any atom is -0.405 e. The zero-order valence-corrected chi connectivity index (χ0v) is 18.4. The van der Waals surface area contributed by atoms with E-state index in [1.54, 1.807) is 26.0 Å². The van der Waals surface area contributed by atoms with Gasteiger partial charge in [-0.05, 0) is 63.1 Å². The van der Waals surface area contributed by atoms with E-state index in [4.69, 9.17) is 0 Å². The molecule has 0 aliphatic carbocycles. The van der Waals surface area contributed by atoms with Gasteiger partial charge in [0.25, 0.3) is 5.91 Å². The minimum absolute atomic E-state index is 0.0469. The average Bonchev–Trinajstić information content (AvgIpc) is 3.03. The van der Waals surface area contributed by atoms with Crippen molar-refractivity contribution in [2.24, 2.45) is 0 Å². The summed E-state index contributed by atoms with van der Waals surface area (Å²) in [6.45, 7) is 7.32. The van der Waals surface area contributed by atoms with Crippen molar-refractivity contribution in [2.45, 2.75) is 40.1 Å². The molecule has 1 unspecified atom stereocenters. The van der Waals surface area contributed by atoms with Gasteiger partial charge in [0.1, 0.15) is 11.6 Å². The van der Waals surface area contributed by atoms with Gasteiger partial charge >= 0.3 is 6.36 Å². The van der Waals surface area contributed by atoms with Gasteiger partial charge in [-0.2, -0.15) is 5.10 Å². The number of carbonyl (C=O) groups is 1. The monoisotopic (exact) mass is 457 g/mol. The van der Waals surface area contributed by atoms with Crippen LogP contribution in [0.4, 0.5) is 13.2 Å². The minimum atomic E-state index is -4.85. The molecule has 7 nitrogen and oxygen atoms in total. The molecule has 0 bridgehead atoms. The first-order chi connectivity index (χ1) is 15.5. The van der Waals surface area contributed by atoms with Gasteiger partial charge in [0.05, 0.1) is 11.4 Å². The Hall–Kier alpha value is -3.82. The third-order valence-electron chi connectivity index (χ3n) is 5.06. The number of hydrogen-bond acceptors (Lipinski definition) is 5. The summed E-state index contributed by atoms with van der Waals surface area (Å²) < 4.78 is 44.2. The lowest BCUT2D eigenvalue weighted by Gasteiger charge is -2.21. The van der Waals surface area contributed by atoms with Gasteiger partial charge in [-0.15, -0.1) is 13.2 Å². The SMILES string of the molecule is CC1=CC(C)NC(NC(=O)c2c(C)nc3c(C)cc(-c4ccccc4OC(F)(F)F)nn23)=C1. The summed E-state index contributed by atoms with van der Waals surface area (Å²) in [7, 11) is 0. The van der Waals surface area contributed by atoms with Crippen molar-refractivity contribution in [3.63, 3.8) is 0 Å². The first-order valence-electron chi connectivity index (χ1n) is 10.2. The summed E-state index contributed by atoms with van der Waals surface area (Å²) in [5.74, 6) is -0.282. The number of aromatic nitrogens is 3. The van der Waals surface area contributed by atoms with Crippen molar-refractivity contribution in [3.05, 3.63) is 70.8 Å². The molecule has 3 heterocycles. The summed E-state index contributed by atoms with van der Waals surface area (Å²) >= 11 is 0. The largest absolute Gasteiger partial charge is 0.573 e. The van der Waals surface area contributed by atoms with E-state index in [-0.39, 0.29) is 28.7 Å². The number of amides is 1. The predicted octanol–water partition coefficient (Wildman–Crippen LogP) is 4.42. The summed E-state index contributed by atoms with van der Waals surface area (Å²) in [5.41, 5.74) is 3.07. The number of aryl methyl sites for hydroxylation is 2. The van der Waals surface area contributed by atoms with Crippen LogP contribution in [0.25, 0.3) is 16.9 Å². The summed E-state index contributed by atoms with van der Waals surface area (Å²) in [4.78, 5) is 17.6. The number of allylic oxidation sites excluding steroid dienone is 2. The number of dihydropyridines is 1. The van der Waals surface area contributed by atoms with Crippen molar-refractivity contribution in [2.75, 3.05) is 0 Å². The Labute approximate surface area is 188 Å². The fourth-order valence-electron chi connectivity index (χ4n) is 3.81. The molecule has 0 radical (unpaired) electrons. The van der Waals surface area contributed by atoms with Crippen LogP contribution in [0, 0.1) is 13.8 Å². The molecule has 0 fully saturated rings. The first kappa shape index (κ1) is 22.4. The molecule has 1 atom stereocenters. The summed E-state index contributed by atoms with van der Waals surface area (Å²) in [6.07, 6.45) is -1.02. The average molecular weight is 457 g/mol. The topological polar surface area (TPSA) is 80.5 Å². The molecule has 2 N–H and O–H groups in total. The number of halogens is 3. The van der Waals surface area contributed by atoms with E-state index < -0.39 is 12.3 Å². The van der Waals surface area contributed by atoms with Gasteiger partial charge < -0.3 is 15.4 Å². The molecular formula is C23H22F3N5O2. The van der Waals surface area contributed by atoms with Crippen LogP contribution in [0.1, 0.15) is 35.6 Å². The molecule has 0 saturated heterocycles. The summed E-state index contributed by atoms with van der Waals surface area (Å²) in [5, 5.41) is 10.5. The molecule has 3 aromatic rings. The number of hydrogen-bond donors (Lipinski definition) is 2.